The van der Waals surface area contributed by atoms with E-state index in [1.807, 2.05) is 6.92 Å². The molecule has 2 aliphatic rings. The summed E-state index contributed by atoms with van der Waals surface area (Å²) in [7, 11) is 0. The van der Waals surface area contributed by atoms with E-state index in [2.05, 4.69) is 32.7 Å². The SMILES string of the molecule is Cc1cc(NC2CCCCC2)nc(NCCC2=CCCCC2)n1. The van der Waals surface area contributed by atoms with E-state index in [0.717, 1.165) is 30.4 Å². The zero-order valence-corrected chi connectivity index (χ0v) is 14.4. The number of nitrogens with zero attached hydrogens (tertiary/aromatic N) is 2. The lowest BCUT2D eigenvalue weighted by Gasteiger charge is -2.23. The third kappa shape index (κ3) is 5.22. The minimum absolute atomic E-state index is 0.582. The van der Waals surface area contributed by atoms with Crippen molar-refractivity contribution >= 4 is 11.8 Å². The number of aromatic nitrogens is 2. The Hall–Kier alpha value is -1.58. The van der Waals surface area contributed by atoms with Gasteiger partial charge in [0.1, 0.15) is 5.82 Å². The fourth-order valence-electron chi connectivity index (χ4n) is 3.64. The second-order valence-corrected chi connectivity index (χ2v) is 6.98. The zero-order chi connectivity index (χ0) is 15.9. The molecule has 0 unspecified atom stereocenters. The maximum Gasteiger partial charge on any atom is 0.224 e. The van der Waals surface area contributed by atoms with Crippen LogP contribution in [-0.4, -0.2) is 22.6 Å². The quantitative estimate of drug-likeness (QED) is 0.738. The Bertz CT molecular complexity index is 532. The van der Waals surface area contributed by atoms with Gasteiger partial charge in [0.15, 0.2) is 0 Å². The van der Waals surface area contributed by atoms with Crippen LogP contribution in [0.1, 0.15) is 69.9 Å². The summed E-state index contributed by atoms with van der Waals surface area (Å²) in [6.07, 6.45) is 15.3. The van der Waals surface area contributed by atoms with Crippen LogP contribution in [0.5, 0.6) is 0 Å². The van der Waals surface area contributed by atoms with Gasteiger partial charge in [-0.05, 0) is 51.9 Å². The number of rotatable bonds is 6. The van der Waals surface area contributed by atoms with Crippen molar-refractivity contribution in [3.63, 3.8) is 0 Å². The van der Waals surface area contributed by atoms with Crippen molar-refractivity contribution in [1.29, 1.82) is 0 Å². The van der Waals surface area contributed by atoms with Gasteiger partial charge in [-0.1, -0.05) is 30.9 Å². The molecule has 1 heterocycles. The smallest absolute Gasteiger partial charge is 0.224 e. The summed E-state index contributed by atoms with van der Waals surface area (Å²) in [5, 5.41) is 7.01. The molecule has 0 amide bonds. The van der Waals surface area contributed by atoms with Gasteiger partial charge in [0.25, 0.3) is 0 Å². The number of allylic oxidation sites excluding steroid dienone is 1. The predicted octanol–water partition coefficient (Wildman–Crippen LogP) is 4.83. The Morgan fingerprint density at radius 3 is 2.74 bits per heavy atom. The van der Waals surface area contributed by atoms with Crippen LogP contribution in [-0.2, 0) is 0 Å². The molecule has 0 aliphatic heterocycles. The minimum atomic E-state index is 0.582. The number of anilines is 2. The van der Waals surface area contributed by atoms with Crippen LogP contribution in [0.15, 0.2) is 17.7 Å². The number of nitrogens with one attached hydrogen (secondary N) is 2. The maximum absolute atomic E-state index is 4.66. The molecule has 4 heteroatoms. The molecule has 0 radical (unpaired) electrons. The third-order valence-electron chi connectivity index (χ3n) is 4.93. The first-order valence-corrected chi connectivity index (χ1v) is 9.33. The molecule has 1 aromatic heterocycles. The third-order valence-corrected chi connectivity index (χ3v) is 4.93. The summed E-state index contributed by atoms with van der Waals surface area (Å²) in [6.45, 7) is 2.97. The molecular formula is C19H30N4. The summed E-state index contributed by atoms with van der Waals surface area (Å²) >= 11 is 0. The lowest BCUT2D eigenvalue weighted by Crippen LogP contribution is -2.23. The van der Waals surface area contributed by atoms with Crippen molar-refractivity contribution in [3.05, 3.63) is 23.4 Å². The standard InChI is InChI=1S/C19H30N4/c1-15-14-18(22-17-10-6-3-7-11-17)23-19(21-15)20-13-12-16-8-4-2-5-9-16/h8,14,17H,2-7,9-13H2,1H3,(H2,20,21,22,23). The van der Waals surface area contributed by atoms with E-state index in [-0.39, 0.29) is 0 Å². The number of hydrogen-bond donors (Lipinski definition) is 2. The average Bonchev–Trinajstić information content (AvgIpc) is 2.56. The molecule has 4 nitrogen and oxygen atoms in total. The Labute approximate surface area is 140 Å². The lowest BCUT2D eigenvalue weighted by atomic mass is 9.95. The van der Waals surface area contributed by atoms with Crippen molar-refractivity contribution in [2.75, 3.05) is 17.2 Å². The van der Waals surface area contributed by atoms with Crippen LogP contribution in [0.25, 0.3) is 0 Å². The second kappa shape index (κ2) is 8.32. The summed E-state index contributed by atoms with van der Waals surface area (Å²) in [5.74, 6) is 1.74. The Morgan fingerprint density at radius 2 is 1.96 bits per heavy atom. The molecule has 1 fully saturated rings. The lowest BCUT2D eigenvalue weighted by molar-refractivity contribution is 0.462. The van der Waals surface area contributed by atoms with Gasteiger partial charge in [0.2, 0.25) is 5.95 Å². The minimum Gasteiger partial charge on any atom is -0.367 e. The summed E-state index contributed by atoms with van der Waals surface area (Å²) in [4.78, 5) is 9.19. The highest BCUT2D eigenvalue weighted by Gasteiger charge is 2.14. The van der Waals surface area contributed by atoms with E-state index in [9.17, 15) is 0 Å². The average molecular weight is 314 g/mol. The normalized spacial score (nSPS) is 19.3. The molecule has 0 atom stereocenters. The van der Waals surface area contributed by atoms with Crippen molar-refractivity contribution in [3.8, 4) is 0 Å². The van der Waals surface area contributed by atoms with E-state index in [4.69, 9.17) is 0 Å². The van der Waals surface area contributed by atoms with Gasteiger partial charge >= 0.3 is 0 Å². The second-order valence-electron chi connectivity index (χ2n) is 6.98. The molecule has 0 bridgehead atoms. The Kier molecular flexibility index (Phi) is 5.89. The van der Waals surface area contributed by atoms with Gasteiger partial charge in [-0.2, -0.15) is 4.98 Å². The maximum atomic E-state index is 4.66. The van der Waals surface area contributed by atoms with E-state index < -0.39 is 0 Å². The first kappa shape index (κ1) is 16.3. The number of hydrogen-bond acceptors (Lipinski definition) is 4. The van der Waals surface area contributed by atoms with E-state index in [1.165, 1.54) is 57.8 Å². The molecule has 1 saturated carbocycles. The molecule has 2 N–H and O–H groups in total. The Balaban J connectivity index is 1.53. The molecule has 126 valence electrons. The van der Waals surface area contributed by atoms with Crippen LogP contribution < -0.4 is 10.6 Å². The summed E-state index contributed by atoms with van der Waals surface area (Å²) in [5.41, 5.74) is 2.62. The van der Waals surface area contributed by atoms with Crippen molar-refractivity contribution in [2.24, 2.45) is 0 Å². The van der Waals surface area contributed by atoms with Crippen LogP contribution in [0.3, 0.4) is 0 Å². The van der Waals surface area contributed by atoms with E-state index in [0.29, 0.717) is 6.04 Å². The fourth-order valence-corrected chi connectivity index (χ4v) is 3.64. The molecule has 1 aromatic rings. The first-order valence-electron chi connectivity index (χ1n) is 9.33. The van der Waals surface area contributed by atoms with Crippen LogP contribution in [0.4, 0.5) is 11.8 Å². The van der Waals surface area contributed by atoms with Gasteiger partial charge in [0.05, 0.1) is 0 Å². The predicted molar refractivity (Wildman–Crippen MR) is 96.9 cm³/mol. The van der Waals surface area contributed by atoms with Crippen LogP contribution in [0, 0.1) is 6.92 Å². The van der Waals surface area contributed by atoms with Crippen molar-refractivity contribution < 1.29 is 0 Å². The van der Waals surface area contributed by atoms with Gasteiger partial charge in [-0.25, -0.2) is 4.98 Å². The van der Waals surface area contributed by atoms with Crippen LogP contribution >= 0.6 is 0 Å². The topological polar surface area (TPSA) is 49.8 Å². The van der Waals surface area contributed by atoms with Crippen molar-refractivity contribution in [2.45, 2.75) is 77.2 Å². The molecule has 0 saturated heterocycles. The molecule has 0 spiro atoms. The highest BCUT2D eigenvalue weighted by atomic mass is 15.1. The van der Waals surface area contributed by atoms with Gasteiger partial charge in [0, 0.05) is 24.3 Å². The van der Waals surface area contributed by atoms with Crippen LogP contribution in [0.2, 0.25) is 0 Å². The molecule has 0 aromatic carbocycles. The summed E-state index contributed by atoms with van der Waals surface area (Å²) in [6, 6.07) is 2.64. The van der Waals surface area contributed by atoms with Crippen molar-refractivity contribution in [1.82, 2.24) is 9.97 Å². The van der Waals surface area contributed by atoms with Gasteiger partial charge in [-0.15, -0.1) is 0 Å². The molecule has 2 aliphatic carbocycles. The van der Waals surface area contributed by atoms with Gasteiger partial charge in [-0.3, -0.25) is 0 Å². The van der Waals surface area contributed by atoms with E-state index >= 15 is 0 Å². The largest absolute Gasteiger partial charge is 0.367 e. The molecular weight excluding hydrogens is 284 g/mol. The molecule has 23 heavy (non-hydrogen) atoms. The fraction of sp³-hybridized carbons (Fsp3) is 0.684. The zero-order valence-electron chi connectivity index (χ0n) is 14.4. The highest BCUT2D eigenvalue weighted by Crippen LogP contribution is 2.22. The monoisotopic (exact) mass is 314 g/mol. The van der Waals surface area contributed by atoms with Gasteiger partial charge < -0.3 is 10.6 Å². The van der Waals surface area contributed by atoms with E-state index in [1.54, 1.807) is 5.57 Å². The molecule has 3 rings (SSSR count). The summed E-state index contributed by atoms with van der Waals surface area (Å²) < 4.78 is 0. The Morgan fingerprint density at radius 1 is 1.09 bits per heavy atom. The number of aryl methyl sites for hydroxylation is 1. The highest BCUT2D eigenvalue weighted by molar-refractivity contribution is 5.43. The first-order chi connectivity index (χ1) is 11.3.